The molecule has 3 N–H and O–H groups in total. The van der Waals surface area contributed by atoms with Crippen molar-refractivity contribution in [2.45, 2.75) is 56.3 Å². The second kappa shape index (κ2) is 5.65. The first kappa shape index (κ1) is 13.3. The lowest BCUT2D eigenvalue weighted by Crippen LogP contribution is -2.47. The minimum absolute atomic E-state index is 0.141. The summed E-state index contributed by atoms with van der Waals surface area (Å²) in [6, 6.07) is 1.47. The summed E-state index contributed by atoms with van der Waals surface area (Å²) >= 11 is 0. The van der Waals surface area contributed by atoms with Gasteiger partial charge in [-0.2, -0.15) is 0 Å². The van der Waals surface area contributed by atoms with E-state index in [0.29, 0.717) is 18.1 Å². The average Bonchev–Trinajstić information content (AvgIpc) is 2.58. The summed E-state index contributed by atoms with van der Waals surface area (Å²) in [6.07, 6.45) is 5.56. The zero-order chi connectivity index (χ0) is 12.4. The van der Waals surface area contributed by atoms with Crippen LogP contribution in [-0.4, -0.2) is 66.3 Å². The molecular weight excluding hydrogens is 214 g/mol. The summed E-state index contributed by atoms with van der Waals surface area (Å²) < 4.78 is 0. The van der Waals surface area contributed by atoms with Gasteiger partial charge in [0.05, 0.1) is 6.10 Å². The first-order valence-electron chi connectivity index (χ1n) is 6.90. The Hall–Kier alpha value is -0.160. The van der Waals surface area contributed by atoms with Gasteiger partial charge in [0.15, 0.2) is 0 Å². The quantitative estimate of drug-likeness (QED) is 0.744. The Kier molecular flexibility index (Phi) is 4.42. The van der Waals surface area contributed by atoms with Crippen molar-refractivity contribution in [1.29, 1.82) is 0 Å². The number of β-amino-alcohol motifs (C(OH)–C–C–N with tert-alkyl or cyclic N) is 1. The molecule has 1 saturated carbocycles. The van der Waals surface area contributed by atoms with Crippen molar-refractivity contribution in [3.63, 3.8) is 0 Å². The lowest BCUT2D eigenvalue weighted by atomic mass is 9.90. The molecule has 4 atom stereocenters. The summed E-state index contributed by atoms with van der Waals surface area (Å²) in [5.41, 5.74) is 6.07. The van der Waals surface area contributed by atoms with Gasteiger partial charge in [-0.25, -0.2) is 0 Å². The number of likely N-dealkylation sites (N-methyl/N-ethyl adjacent to an activating group) is 1. The predicted octanol–water partition coefficient (Wildman–Crippen LogP) is 0.253. The zero-order valence-electron chi connectivity index (χ0n) is 11.2. The molecule has 4 heteroatoms. The number of aliphatic hydroxyl groups is 1. The number of rotatable bonds is 3. The number of hydrogen-bond donors (Lipinski definition) is 2. The topological polar surface area (TPSA) is 52.7 Å². The van der Waals surface area contributed by atoms with Gasteiger partial charge in [0.2, 0.25) is 0 Å². The molecule has 0 bridgehead atoms. The molecule has 1 aliphatic carbocycles. The van der Waals surface area contributed by atoms with Gasteiger partial charge in [-0.05, 0) is 39.8 Å². The van der Waals surface area contributed by atoms with Crippen LogP contribution in [0.1, 0.15) is 32.1 Å². The smallest absolute Gasteiger partial charge is 0.0682 e. The minimum atomic E-state index is -0.141. The Labute approximate surface area is 105 Å². The van der Waals surface area contributed by atoms with Crippen molar-refractivity contribution in [2.75, 3.05) is 27.2 Å². The zero-order valence-corrected chi connectivity index (χ0v) is 11.2. The molecule has 2 rings (SSSR count). The molecule has 4 nitrogen and oxygen atoms in total. The van der Waals surface area contributed by atoms with Crippen LogP contribution in [-0.2, 0) is 0 Å². The largest absolute Gasteiger partial charge is 0.392 e. The number of likely N-dealkylation sites (tertiary alicyclic amines) is 1. The number of aliphatic hydroxyl groups excluding tert-OH is 1. The van der Waals surface area contributed by atoms with Gasteiger partial charge < -0.3 is 15.7 Å². The van der Waals surface area contributed by atoms with Crippen molar-refractivity contribution < 1.29 is 5.11 Å². The molecule has 0 spiro atoms. The standard InChI is InChI=1S/C13H27N3O/c1-15(2)8-12-7-13(17)9-16(12)11-5-3-4-10(14)6-11/h10-13,17H,3-9,14H2,1-2H3. The third-order valence-electron chi connectivity index (χ3n) is 4.17. The average molecular weight is 241 g/mol. The van der Waals surface area contributed by atoms with E-state index >= 15 is 0 Å². The monoisotopic (exact) mass is 241 g/mol. The van der Waals surface area contributed by atoms with Gasteiger partial charge in [0, 0.05) is 31.2 Å². The van der Waals surface area contributed by atoms with Gasteiger partial charge in [-0.1, -0.05) is 6.42 Å². The molecule has 0 aromatic rings. The summed E-state index contributed by atoms with van der Waals surface area (Å²) in [6.45, 7) is 1.89. The predicted molar refractivity (Wildman–Crippen MR) is 69.9 cm³/mol. The Morgan fingerprint density at radius 2 is 2.06 bits per heavy atom. The fourth-order valence-corrected chi connectivity index (χ4v) is 3.47. The first-order valence-corrected chi connectivity index (χ1v) is 6.90. The van der Waals surface area contributed by atoms with Crippen molar-refractivity contribution in [3.05, 3.63) is 0 Å². The maximum atomic E-state index is 9.89. The van der Waals surface area contributed by atoms with E-state index in [1.807, 2.05) is 0 Å². The lowest BCUT2D eigenvalue weighted by molar-refractivity contribution is 0.106. The van der Waals surface area contributed by atoms with Gasteiger partial charge in [-0.3, -0.25) is 4.90 Å². The summed E-state index contributed by atoms with van der Waals surface area (Å²) in [4.78, 5) is 4.74. The summed E-state index contributed by atoms with van der Waals surface area (Å²) in [7, 11) is 4.21. The van der Waals surface area contributed by atoms with E-state index in [4.69, 9.17) is 5.73 Å². The molecule has 17 heavy (non-hydrogen) atoms. The van der Waals surface area contributed by atoms with Gasteiger partial charge in [0.1, 0.15) is 0 Å². The third-order valence-corrected chi connectivity index (χ3v) is 4.17. The highest BCUT2D eigenvalue weighted by Gasteiger charge is 2.37. The molecule has 1 saturated heterocycles. The molecule has 0 amide bonds. The molecule has 1 heterocycles. The lowest BCUT2D eigenvalue weighted by Gasteiger charge is -2.38. The SMILES string of the molecule is CN(C)CC1CC(O)CN1C1CCCC(N)C1. The molecule has 0 radical (unpaired) electrons. The highest BCUT2D eigenvalue weighted by atomic mass is 16.3. The second-order valence-corrected chi connectivity index (χ2v) is 6.08. The van der Waals surface area contributed by atoms with Crippen LogP contribution >= 0.6 is 0 Å². The number of nitrogens with zero attached hydrogens (tertiary/aromatic N) is 2. The van der Waals surface area contributed by atoms with E-state index in [1.54, 1.807) is 0 Å². The third kappa shape index (κ3) is 3.41. The van der Waals surface area contributed by atoms with E-state index < -0.39 is 0 Å². The van der Waals surface area contributed by atoms with Crippen LogP contribution < -0.4 is 5.73 Å². The molecule has 0 aromatic carbocycles. The van der Waals surface area contributed by atoms with Crippen LogP contribution in [0.4, 0.5) is 0 Å². The number of hydrogen-bond acceptors (Lipinski definition) is 4. The highest BCUT2D eigenvalue weighted by Crippen LogP contribution is 2.29. The molecule has 0 aromatic heterocycles. The fraction of sp³-hybridized carbons (Fsp3) is 1.00. The molecule has 100 valence electrons. The van der Waals surface area contributed by atoms with Crippen LogP contribution in [0, 0.1) is 0 Å². The van der Waals surface area contributed by atoms with E-state index in [2.05, 4.69) is 23.9 Å². The Morgan fingerprint density at radius 1 is 1.29 bits per heavy atom. The summed E-state index contributed by atoms with van der Waals surface area (Å²) in [5.74, 6) is 0. The van der Waals surface area contributed by atoms with Crippen molar-refractivity contribution in [2.24, 2.45) is 5.73 Å². The molecular formula is C13H27N3O. The minimum Gasteiger partial charge on any atom is -0.392 e. The first-order chi connectivity index (χ1) is 8.06. The van der Waals surface area contributed by atoms with Gasteiger partial charge in [0.25, 0.3) is 0 Å². The molecule has 4 unspecified atom stereocenters. The van der Waals surface area contributed by atoms with E-state index in [1.165, 1.54) is 19.3 Å². The maximum absolute atomic E-state index is 9.89. The molecule has 2 fully saturated rings. The Balaban J connectivity index is 1.96. The highest BCUT2D eigenvalue weighted by molar-refractivity contribution is 4.93. The number of nitrogens with two attached hydrogens (primary N) is 1. The Morgan fingerprint density at radius 3 is 2.71 bits per heavy atom. The van der Waals surface area contributed by atoms with Gasteiger partial charge >= 0.3 is 0 Å². The van der Waals surface area contributed by atoms with E-state index in [9.17, 15) is 5.11 Å². The van der Waals surface area contributed by atoms with Gasteiger partial charge in [-0.15, -0.1) is 0 Å². The van der Waals surface area contributed by atoms with Crippen molar-refractivity contribution in [3.8, 4) is 0 Å². The van der Waals surface area contributed by atoms with Crippen molar-refractivity contribution in [1.82, 2.24) is 9.80 Å². The van der Waals surface area contributed by atoms with E-state index in [0.717, 1.165) is 25.9 Å². The normalized spacial score (nSPS) is 40.1. The summed E-state index contributed by atoms with van der Waals surface area (Å²) in [5, 5.41) is 9.89. The Bertz CT molecular complexity index is 243. The van der Waals surface area contributed by atoms with Crippen LogP contribution in [0.2, 0.25) is 0 Å². The van der Waals surface area contributed by atoms with Crippen LogP contribution in [0.15, 0.2) is 0 Å². The maximum Gasteiger partial charge on any atom is 0.0682 e. The molecule has 2 aliphatic rings. The van der Waals surface area contributed by atoms with Crippen LogP contribution in [0.5, 0.6) is 0 Å². The van der Waals surface area contributed by atoms with Crippen LogP contribution in [0.25, 0.3) is 0 Å². The van der Waals surface area contributed by atoms with Crippen LogP contribution in [0.3, 0.4) is 0 Å². The van der Waals surface area contributed by atoms with Crippen molar-refractivity contribution >= 4 is 0 Å². The van der Waals surface area contributed by atoms with E-state index in [-0.39, 0.29) is 6.10 Å². The molecule has 1 aliphatic heterocycles. The second-order valence-electron chi connectivity index (χ2n) is 6.08. The fourth-order valence-electron chi connectivity index (χ4n) is 3.47.